The number of hydrazine groups is 1. The largest absolute Gasteiger partial charge is 0.497 e. The molecule has 0 radical (unpaired) electrons. The zero-order valence-electron chi connectivity index (χ0n) is 19.0. The number of carboxylic acids is 1. The third kappa shape index (κ3) is 3.68. The maximum Gasteiger partial charge on any atom is 0.335 e. The number of carbonyl (C=O) groups is 4. The zero-order valence-corrected chi connectivity index (χ0v) is 19.0. The highest BCUT2D eigenvalue weighted by Gasteiger charge is 2.37. The van der Waals surface area contributed by atoms with E-state index < -0.39 is 23.7 Å². The van der Waals surface area contributed by atoms with Crippen LogP contribution in [0.1, 0.15) is 41.4 Å². The Hall–Kier alpha value is -5.19. The number of benzene rings is 3. The average molecular weight is 486 g/mol. The van der Waals surface area contributed by atoms with Gasteiger partial charge in [0.05, 0.1) is 47.5 Å². The number of hydrogen-bond donors (Lipinski definition) is 3. The number of imidazole rings is 1. The molecular formula is C25H18N4O7. The topological polar surface area (TPSA) is 151 Å². The van der Waals surface area contributed by atoms with Crippen LogP contribution in [0.15, 0.2) is 54.6 Å². The molecule has 2 heterocycles. The van der Waals surface area contributed by atoms with Crippen LogP contribution in [-0.2, 0) is 0 Å². The molecular weight excluding hydrogens is 468 g/mol. The van der Waals surface area contributed by atoms with Crippen molar-refractivity contribution in [1.29, 1.82) is 0 Å². The molecule has 0 saturated carbocycles. The molecule has 3 amide bonds. The molecule has 0 unspecified atom stereocenters. The summed E-state index contributed by atoms with van der Waals surface area (Å²) in [7, 11) is 3.09. The highest BCUT2D eigenvalue weighted by Crippen LogP contribution is 2.33. The van der Waals surface area contributed by atoms with E-state index in [-0.39, 0.29) is 22.3 Å². The minimum atomic E-state index is -1.24. The van der Waals surface area contributed by atoms with Crippen molar-refractivity contribution in [2.75, 3.05) is 14.2 Å². The van der Waals surface area contributed by atoms with Crippen molar-refractivity contribution in [3.63, 3.8) is 0 Å². The minimum Gasteiger partial charge on any atom is -0.497 e. The smallest absolute Gasteiger partial charge is 0.335 e. The van der Waals surface area contributed by atoms with Gasteiger partial charge in [-0.25, -0.2) is 9.78 Å². The zero-order chi connectivity index (χ0) is 25.6. The maximum atomic E-state index is 12.9. The van der Waals surface area contributed by atoms with Crippen molar-refractivity contribution < 1.29 is 33.8 Å². The van der Waals surface area contributed by atoms with E-state index >= 15 is 0 Å². The SMILES string of the molecule is COc1ccc(OC)c(-c2nc3ccc(C(=O)NN4C(=O)c5ccc(C(=O)O)cc5C4=O)cc3[nH]2)c1. The fourth-order valence-corrected chi connectivity index (χ4v) is 3.92. The molecule has 5 rings (SSSR count). The summed E-state index contributed by atoms with van der Waals surface area (Å²) in [5.41, 5.74) is 4.01. The number of imide groups is 1. The molecule has 0 aliphatic carbocycles. The Labute approximate surface area is 203 Å². The summed E-state index contributed by atoms with van der Waals surface area (Å²) in [4.78, 5) is 57.1. The summed E-state index contributed by atoms with van der Waals surface area (Å²) >= 11 is 0. The number of carboxylic acid groups (broad SMARTS) is 1. The highest BCUT2D eigenvalue weighted by molar-refractivity contribution is 6.22. The van der Waals surface area contributed by atoms with Crippen LogP contribution in [0.25, 0.3) is 22.4 Å². The van der Waals surface area contributed by atoms with Gasteiger partial charge in [-0.3, -0.25) is 19.8 Å². The van der Waals surface area contributed by atoms with E-state index in [2.05, 4.69) is 15.4 Å². The van der Waals surface area contributed by atoms with Crippen LogP contribution < -0.4 is 14.9 Å². The first-order valence-corrected chi connectivity index (χ1v) is 10.6. The molecule has 0 atom stereocenters. The molecule has 1 aliphatic rings. The van der Waals surface area contributed by atoms with Gasteiger partial charge in [-0.05, 0) is 54.6 Å². The summed E-state index contributed by atoms with van der Waals surface area (Å²) in [5.74, 6) is -1.84. The molecule has 0 saturated heterocycles. The lowest BCUT2D eigenvalue weighted by molar-refractivity contribution is 0.0518. The Kier molecular flexibility index (Phi) is 5.36. The lowest BCUT2D eigenvalue weighted by Gasteiger charge is -2.14. The number of carbonyl (C=O) groups excluding carboxylic acids is 3. The van der Waals surface area contributed by atoms with Crippen LogP contribution in [0.5, 0.6) is 11.5 Å². The van der Waals surface area contributed by atoms with Crippen molar-refractivity contribution in [3.8, 4) is 22.9 Å². The predicted molar refractivity (Wildman–Crippen MR) is 126 cm³/mol. The number of rotatable bonds is 6. The van der Waals surface area contributed by atoms with Gasteiger partial charge >= 0.3 is 5.97 Å². The Balaban J connectivity index is 1.42. The third-order valence-corrected chi connectivity index (χ3v) is 5.75. The van der Waals surface area contributed by atoms with Crippen molar-refractivity contribution in [2.24, 2.45) is 0 Å². The van der Waals surface area contributed by atoms with Crippen LogP contribution in [0.4, 0.5) is 0 Å². The molecule has 3 N–H and O–H groups in total. The number of nitrogens with zero attached hydrogens (tertiary/aromatic N) is 2. The second-order valence-corrected chi connectivity index (χ2v) is 7.84. The third-order valence-electron chi connectivity index (χ3n) is 5.75. The van der Waals surface area contributed by atoms with Crippen molar-refractivity contribution >= 4 is 34.7 Å². The minimum absolute atomic E-state index is 0.00574. The van der Waals surface area contributed by atoms with Gasteiger partial charge < -0.3 is 19.6 Å². The van der Waals surface area contributed by atoms with E-state index in [9.17, 15) is 19.2 Å². The number of aromatic amines is 1. The molecule has 1 aromatic heterocycles. The number of nitrogens with one attached hydrogen (secondary N) is 2. The monoisotopic (exact) mass is 486 g/mol. The maximum absolute atomic E-state index is 12.9. The van der Waals surface area contributed by atoms with Crippen molar-refractivity contribution in [1.82, 2.24) is 20.4 Å². The van der Waals surface area contributed by atoms with E-state index in [0.717, 1.165) is 6.07 Å². The van der Waals surface area contributed by atoms with Gasteiger partial charge in [-0.2, -0.15) is 5.01 Å². The summed E-state index contributed by atoms with van der Waals surface area (Å²) in [6.45, 7) is 0. The summed E-state index contributed by atoms with van der Waals surface area (Å²) in [5, 5.41) is 9.72. The summed E-state index contributed by atoms with van der Waals surface area (Å²) < 4.78 is 10.7. The summed E-state index contributed by atoms with van der Waals surface area (Å²) in [6, 6.07) is 13.5. The molecule has 36 heavy (non-hydrogen) atoms. The van der Waals surface area contributed by atoms with E-state index in [4.69, 9.17) is 14.6 Å². The van der Waals surface area contributed by atoms with Gasteiger partial charge in [0.1, 0.15) is 17.3 Å². The number of aromatic nitrogens is 2. The number of aromatic carboxylic acids is 1. The Bertz CT molecular complexity index is 1590. The molecule has 1 aliphatic heterocycles. The quantitative estimate of drug-likeness (QED) is 0.352. The van der Waals surface area contributed by atoms with Gasteiger partial charge in [0, 0.05) is 5.56 Å². The standard InChI is InChI=1S/C25H18N4O7/c1-35-14-5-8-20(36-2)17(11-14)21-26-18-7-4-12(10-19(18)27-21)22(30)28-29-23(31)15-6-3-13(25(33)34)9-16(15)24(29)32/h3-11H,1-2H3,(H,26,27)(H,28,30)(H,33,34). The normalized spacial score (nSPS) is 12.6. The fourth-order valence-electron chi connectivity index (χ4n) is 3.92. The van der Waals surface area contributed by atoms with Crippen LogP contribution in [-0.4, -0.2) is 58.0 Å². The molecule has 3 aromatic carbocycles. The first-order valence-electron chi connectivity index (χ1n) is 10.6. The van der Waals surface area contributed by atoms with Crippen molar-refractivity contribution in [3.05, 3.63) is 76.9 Å². The number of fused-ring (bicyclic) bond motifs is 2. The molecule has 180 valence electrons. The van der Waals surface area contributed by atoms with Crippen LogP contribution in [0.2, 0.25) is 0 Å². The van der Waals surface area contributed by atoms with Gasteiger partial charge in [-0.1, -0.05) is 0 Å². The fraction of sp³-hybridized carbons (Fsp3) is 0.0800. The van der Waals surface area contributed by atoms with Gasteiger partial charge in [0.25, 0.3) is 17.7 Å². The lowest BCUT2D eigenvalue weighted by Crippen LogP contribution is -2.45. The Morgan fingerprint density at radius 1 is 0.889 bits per heavy atom. The Morgan fingerprint density at radius 3 is 2.36 bits per heavy atom. The van der Waals surface area contributed by atoms with Crippen LogP contribution >= 0.6 is 0 Å². The highest BCUT2D eigenvalue weighted by atomic mass is 16.5. The number of amides is 3. The second-order valence-electron chi connectivity index (χ2n) is 7.84. The van der Waals surface area contributed by atoms with Gasteiger partial charge in [0.2, 0.25) is 0 Å². The molecule has 0 bridgehead atoms. The van der Waals surface area contributed by atoms with E-state index in [1.54, 1.807) is 31.4 Å². The lowest BCUT2D eigenvalue weighted by atomic mass is 10.1. The number of ether oxygens (including phenoxy) is 2. The molecule has 11 nitrogen and oxygen atoms in total. The van der Waals surface area contributed by atoms with Gasteiger partial charge in [0.15, 0.2) is 0 Å². The van der Waals surface area contributed by atoms with E-state index in [1.807, 2.05) is 0 Å². The van der Waals surface area contributed by atoms with E-state index in [0.29, 0.717) is 38.9 Å². The summed E-state index contributed by atoms with van der Waals surface area (Å²) in [6.07, 6.45) is 0. The molecule has 0 spiro atoms. The van der Waals surface area contributed by atoms with Crippen molar-refractivity contribution in [2.45, 2.75) is 0 Å². The first kappa shape index (κ1) is 22.6. The Morgan fingerprint density at radius 2 is 1.64 bits per heavy atom. The average Bonchev–Trinajstić information content (AvgIpc) is 3.42. The molecule has 4 aromatic rings. The molecule has 0 fully saturated rings. The predicted octanol–water partition coefficient (Wildman–Crippen LogP) is 2.89. The second kappa shape index (κ2) is 8.55. The van der Waals surface area contributed by atoms with Gasteiger partial charge in [-0.15, -0.1) is 0 Å². The number of hydrogen-bond acceptors (Lipinski definition) is 7. The number of H-pyrrole nitrogens is 1. The molecule has 11 heteroatoms. The van der Waals surface area contributed by atoms with Crippen LogP contribution in [0, 0.1) is 0 Å². The first-order chi connectivity index (χ1) is 17.3. The van der Waals surface area contributed by atoms with Crippen LogP contribution in [0.3, 0.4) is 0 Å². The number of methoxy groups -OCH3 is 2. The van der Waals surface area contributed by atoms with E-state index in [1.165, 1.54) is 31.4 Å².